The average Bonchev–Trinajstić information content (AvgIpc) is 1.58. The van der Waals surface area contributed by atoms with Crippen LogP contribution in [0.15, 0.2) is 180 Å². The summed E-state index contributed by atoms with van der Waals surface area (Å²) in [5.74, 6) is -0.860. The van der Waals surface area contributed by atoms with Crippen LogP contribution in [0.5, 0.6) is 0 Å². The van der Waals surface area contributed by atoms with Gasteiger partial charge < -0.3 is 66.7 Å². The standard InChI is InChI=1S/C41H49N5O6.C39H45N5O6/c1-6-50-39(48)35-21-20-33(51-35)27-43-22-14-13-19-34(38(43)47)46-28-42-36(37(46)31-17-11-8-12-18-31)29(2)45-24-23-44(40(49)52-41(3,4)5)26-32(45)25-30-15-9-7-10-16-30;1-27(43-22-21-42(38(48)50-39(2,3)4)24-30(43)23-28-13-7-5-8-14-28)34-35(29-15-9-6-10-16-29)44(26-40-34)32-17-11-12-20-41(36(32)45)25-31-18-19-33(49-31)37(46)47/h7-12,15-18,20-21,28,32,34H,2,6,13-14,19,22-27H2,1,3-5H3;5-10,13-16,18-19,26,30,32H,1,11-12,17,20-25H2,2-4H3,(H,46,47)/t32-,34?;30-,32?/m11/s1. The summed E-state index contributed by atoms with van der Waals surface area (Å²) in [7, 11) is 0. The molecule has 22 heteroatoms. The van der Waals surface area contributed by atoms with E-state index in [1.807, 2.05) is 148 Å². The molecule has 0 spiro atoms. The number of nitrogens with zero attached hydrogens (tertiary/aromatic N) is 10. The van der Waals surface area contributed by atoms with Gasteiger partial charge in [0.05, 0.1) is 67.2 Å². The first kappa shape index (κ1) is 72.6. The van der Waals surface area contributed by atoms with Crippen LogP contribution in [0.2, 0.25) is 0 Å². The second-order valence-corrected chi connectivity index (χ2v) is 28.4. The molecule has 102 heavy (non-hydrogen) atoms. The van der Waals surface area contributed by atoms with Crippen LogP contribution in [-0.4, -0.2) is 172 Å². The van der Waals surface area contributed by atoms with Crippen molar-refractivity contribution >= 4 is 47.3 Å². The van der Waals surface area contributed by atoms with Gasteiger partial charge in [-0.15, -0.1) is 0 Å². The SMILES string of the molecule is C=C(c1ncn(C2CCCCN(Cc3ccc(C(=O)O)o3)C2=O)c1-c1ccccc1)N1CCN(C(=O)OC(C)(C)C)C[C@H]1Cc1ccccc1.C=C(c1ncn(C2CCCCN(Cc3ccc(C(=O)OCC)o3)C2=O)c1-c1ccccc1)N1CCN(C(=O)OC(C)(C)C)C[C@H]1Cc1ccccc1. The predicted octanol–water partition coefficient (Wildman–Crippen LogP) is 13.9. The van der Waals surface area contributed by atoms with Gasteiger partial charge in [0.2, 0.25) is 23.3 Å². The smallest absolute Gasteiger partial charge is 0.410 e. The minimum Gasteiger partial charge on any atom is -0.475 e. The molecule has 4 fully saturated rings. The third-order valence-electron chi connectivity index (χ3n) is 18.7. The van der Waals surface area contributed by atoms with Crippen molar-refractivity contribution in [2.75, 3.05) is 59.0 Å². The molecule has 8 aromatic rings. The predicted molar refractivity (Wildman–Crippen MR) is 387 cm³/mol. The summed E-state index contributed by atoms with van der Waals surface area (Å²) in [5.41, 5.74) is 7.40. The lowest BCUT2D eigenvalue weighted by molar-refractivity contribution is -0.135. The Kier molecular flexibility index (Phi) is 23.0. The van der Waals surface area contributed by atoms with E-state index in [0.29, 0.717) is 101 Å². The third-order valence-corrected chi connectivity index (χ3v) is 18.7. The Morgan fingerprint density at radius 2 is 0.912 bits per heavy atom. The van der Waals surface area contributed by atoms with Gasteiger partial charge in [0, 0.05) is 63.5 Å². The number of likely N-dealkylation sites (tertiary alicyclic amines) is 2. The minimum absolute atomic E-state index is 0.0359. The third kappa shape index (κ3) is 17.7. The molecule has 8 heterocycles. The summed E-state index contributed by atoms with van der Waals surface area (Å²) in [6, 6.07) is 45.5. The van der Waals surface area contributed by atoms with E-state index in [-0.39, 0.29) is 67.3 Å². The highest BCUT2D eigenvalue weighted by Crippen LogP contribution is 2.39. The maximum absolute atomic E-state index is 14.4. The molecule has 4 aliphatic rings. The van der Waals surface area contributed by atoms with E-state index >= 15 is 0 Å². The largest absolute Gasteiger partial charge is 0.475 e. The molecule has 536 valence electrons. The number of rotatable bonds is 19. The lowest BCUT2D eigenvalue weighted by atomic mass is 9.99. The van der Waals surface area contributed by atoms with Gasteiger partial charge in [-0.1, -0.05) is 134 Å². The van der Waals surface area contributed by atoms with Crippen molar-refractivity contribution in [3.63, 3.8) is 0 Å². The maximum atomic E-state index is 14.4. The number of carbonyl (C=O) groups is 6. The molecular weight excluding hydrogens is 1290 g/mol. The van der Waals surface area contributed by atoms with Crippen LogP contribution >= 0.6 is 0 Å². The minimum atomic E-state index is -1.15. The summed E-state index contributed by atoms with van der Waals surface area (Å²) in [4.78, 5) is 100. The molecule has 4 saturated heterocycles. The van der Waals surface area contributed by atoms with Gasteiger partial charge in [0.15, 0.2) is 0 Å². The number of carbonyl (C=O) groups excluding carboxylic acids is 5. The molecular formula is C80H94N10O12. The Morgan fingerprint density at radius 3 is 1.29 bits per heavy atom. The normalized spacial score (nSPS) is 18.4. The molecule has 0 radical (unpaired) electrons. The summed E-state index contributed by atoms with van der Waals surface area (Å²) in [5, 5.41) is 9.32. The fourth-order valence-electron chi connectivity index (χ4n) is 13.9. The van der Waals surface area contributed by atoms with Crippen LogP contribution in [0.3, 0.4) is 0 Å². The van der Waals surface area contributed by atoms with Gasteiger partial charge in [-0.25, -0.2) is 29.1 Å². The number of aromatic nitrogens is 4. The van der Waals surface area contributed by atoms with Crippen molar-refractivity contribution in [2.24, 2.45) is 0 Å². The van der Waals surface area contributed by atoms with E-state index in [4.69, 9.17) is 33.0 Å². The van der Waals surface area contributed by atoms with Gasteiger partial charge >= 0.3 is 24.1 Å². The molecule has 0 saturated carbocycles. The van der Waals surface area contributed by atoms with Gasteiger partial charge in [-0.05, 0) is 135 Å². The summed E-state index contributed by atoms with van der Waals surface area (Å²) in [6.45, 7) is 26.9. The molecule has 4 aromatic carbocycles. The summed E-state index contributed by atoms with van der Waals surface area (Å²) < 4.78 is 31.9. The number of imidazole rings is 2. The van der Waals surface area contributed by atoms with E-state index in [1.54, 1.807) is 57.4 Å². The van der Waals surface area contributed by atoms with Crippen LogP contribution in [-0.2, 0) is 49.7 Å². The summed E-state index contributed by atoms with van der Waals surface area (Å²) in [6.07, 6.45) is 8.85. The van der Waals surface area contributed by atoms with Gasteiger partial charge in [0.1, 0.15) is 46.2 Å². The Morgan fingerprint density at radius 1 is 0.520 bits per heavy atom. The first-order valence-corrected chi connectivity index (χ1v) is 35.4. The number of carboxylic acids is 1. The van der Waals surface area contributed by atoms with Crippen molar-refractivity contribution in [1.82, 2.24) is 48.5 Å². The highest BCUT2D eigenvalue weighted by Gasteiger charge is 2.40. The van der Waals surface area contributed by atoms with E-state index in [9.17, 15) is 33.9 Å². The van der Waals surface area contributed by atoms with Crippen molar-refractivity contribution in [3.05, 3.63) is 217 Å². The number of ether oxygens (including phenoxy) is 3. The van der Waals surface area contributed by atoms with Gasteiger partial charge in [-0.3, -0.25) is 9.59 Å². The molecule has 4 aliphatic heterocycles. The number of hydrogen-bond acceptors (Lipinski definition) is 15. The quantitative estimate of drug-likeness (QED) is 0.0586. The number of aromatic carboxylic acids is 1. The van der Waals surface area contributed by atoms with Crippen LogP contribution in [0.4, 0.5) is 9.59 Å². The van der Waals surface area contributed by atoms with E-state index in [1.165, 1.54) is 6.07 Å². The van der Waals surface area contributed by atoms with Gasteiger partial charge in [-0.2, -0.15) is 0 Å². The number of carboxylic acid groups (broad SMARTS) is 1. The maximum Gasteiger partial charge on any atom is 0.410 e. The van der Waals surface area contributed by atoms with Gasteiger partial charge in [0.25, 0.3) is 0 Å². The zero-order chi connectivity index (χ0) is 72.2. The summed E-state index contributed by atoms with van der Waals surface area (Å²) >= 11 is 0. The number of esters is 1. The Bertz CT molecular complexity index is 4230. The van der Waals surface area contributed by atoms with E-state index < -0.39 is 35.2 Å². The first-order valence-electron chi connectivity index (χ1n) is 35.4. The van der Waals surface area contributed by atoms with Crippen molar-refractivity contribution in [2.45, 2.75) is 148 Å². The molecule has 4 amide bonds. The highest BCUT2D eigenvalue weighted by molar-refractivity contribution is 5.87. The number of benzene rings is 4. The molecule has 0 aliphatic carbocycles. The number of furan rings is 2. The molecule has 2 unspecified atom stereocenters. The number of piperazine rings is 2. The molecule has 22 nitrogen and oxygen atoms in total. The molecule has 1 N–H and O–H groups in total. The van der Waals surface area contributed by atoms with Crippen LogP contribution in [0.25, 0.3) is 33.9 Å². The van der Waals surface area contributed by atoms with Crippen molar-refractivity contribution < 1.29 is 56.9 Å². The zero-order valence-corrected chi connectivity index (χ0v) is 59.6. The Balaban J connectivity index is 0.000000205. The van der Waals surface area contributed by atoms with E-state index in [2.05, 4.69) is 47.2 Å². The van der Waals surface area contributed by atoms with Crippen LogP contribution in [0.1, 0.15) is 154 Å². The molecule has 0 bridgehead atoms. The van der Waals surface area contributed by atoms with Crippen molar-refractivity contribution in [1.29, 1.82) is 0 Å². The second-order valence-electron chi connectivity index (χ2n) is 28.4. The molecule has 4 aromatic heterocycles. The highest BCUT2D eigenvalue weighted by atomic mass is 16.6. The fourth-order valence-corrected chi connectivity index (χ4v) is 13.9. The number of amides is 4. The Hall–Kier alpha value is -10.6. The molecule has 12 rings (SSSR count). The Labute approximate surface area is 596 Å². The monoisotopic (exact) mass is 1390 g/mol. The topological polar surface area (TPSA) is 232 Å². The van der Waals surface area contributed by atoms with Crippen LogP contribution < -0.4 is 0 Å². The zero-order valence-electron chi connectivity index (χ0n) is 59.6. The average molecular weight is 1390 g/mol. The van der Waals surface area contributed by atoms with Crippen molar-refractivity contribution in [3.8, 4) is 22.5 Å². The lowest BCUT2D eigenvalue weighted by Crippen LogP contribution is -2.55. The van der Waals surface area contributed by atoms with Crippen LogP contribution in [0, 0.1) is 0 Å². The lowest BCUT2D eigenvalue weighted by Gasteiger charge is -2.43. The molecule has 4 atom stereocenters. The number of hydrogen-bond donors (Lipinski definition) is 1. The van der Waals surface area contributed by atoms with E-state index in [0.717, 1.165) is 70.7 Å². The fraction of sp³-hybridized carbons (Fsp3) is 0.400. The second kappa shape index (κ2) is 32.3. The first-order chi connectivity index (χ1) is 49.0.